The van der Waals surface area contributed by atoms with Crippen LogP contribution in [0.1, 0.15) is 12.8 Å². The molecular formula is C16H20N4O4S2. The second-order valence-corrected chi connectivity index (χ2v) is 9.05. The third kappa shape index (κ3) is 4.37. The number of amides is 1. The molecule has 26 heavy (non-hydrogen) atoms. The predicted octanol–water partition coefficient (Wildman–Crippen LogP) is 1.82. The van der Waals surface area contributed by atoms with Crippen LogP contribution in [0, 0.1) is 5.92 Å². The summed E-state index contributed by atoms with van der Waals surface area (Å²) in [5, 5.41) is 12.0. The molecule has 0 unspecified atom stereocenters. The molecule has 3 rings (SSSR count). The quantitative estimate of drug-likeness (QED) is 0.827. The number of rotatable bonds is 5. The number of aromatic nitrogens is 2. The first kappa shape index (κ1) is 18.7. The highest BCUT2D eigenvalue weighted by Gasteiger charge is 2.30. The highest BCUT2D eigenvalue weighted by atomic mass is 32.2. The van der Waals surface area contributed by atoms with Crippen molar-refractivity contribution in [1.82, 2.24) is 14.5 Å². The van der Waals surface area contributed by atoms with Crippen LogP contribution in [0.25, 0.3) is 10.6 Å². The summed E-state index contributed by atoms with van der Waals surface area (Å²) in [7, 11) is -1.68. The van der Waals surface area contributed by atoms with Crippen LogP contribution in [0.15, 0.2) is 24.3 Å². The molecule has 0 bridgehead atoms. The highest BCUT2D eigenvalue weighted by Crippen LogP contribution is 2.28. The Morgan fingerprint density at radius 1 is 1.31 bits per heavy atom. The molecule has 2 aromatic rings. The minimum atomic E-state index is -3.29. The zero-order valence-electron chi connectivity index (χ0n) is 14.5. The van der Waals surface area contributed by atoms with E-state index in [0.717, 1.165) is 11.3 Å². The van der Waals surface area contributed by atoms with Crippen LogP contribution >= 0.6 is 11.3 Å². The van der Waals surface area contributed by atoms with Crippen LogP contribution in [0.4, 0.5) is 5.13 Å². The van der Waals surface area contributed by atoms with Crippen molar-refractivity contribution in [3.05, 3.63) is 24.3 Å². The van der Waals surface area contributed by atoms with Gasteiger partial charge >= 0.3 is 0 Å². The molecule has 2 heterocycles. The van der Waals surface area contributed by atoms with Gasteiger partial charge in [0.1, 0.15) is 10.8 Å². The number of sulfonamides is 1. The number of piperidine rings is 1. The fourth-order valence-corrected chi connectivity index (χ4v) is 4.45. The minimum absolute atomic E-state index is 0.203. The van der Waals surface area contributed by atoms with Crippen molar-refractivity contribution < 1.29 is 17.9 Å². The van der Waals surface area contributed by atoms with Crippen molar-refractivity contribution in [2.45, 2.75) is 12.8 Å². The van der Waals surface area contributed by atoms with E-state index < -0.39 is 10.0 Å². The average molecular weight is 396 g/mol. The molecule has 1 saturated heterocycles. The van der Waals surface area contributed by atoms with E-state index in [1.807, 2.05) is 24.3 Å². The number of ether oxygens (including phenoxy) is 1. The average Bonchev–Trinajstić information content (AvgIpc) is 3.09. The van der Waals surface area contributed by atoms with Gasteiger partial charge in [-0.25, -0.2) is 12.7 Å². The first-order valence-electron chi connectivity index (χ1n) is 8.11. The third-order valence-corrected chi connectivity index (χ3v) is 6.37. The molecule has 1 atom stereocenters. The SMILES string of the molecule is COc1ccc(-c2nnc(NC(=O)[C@@H]3CCCN(S(C)(=O)=O)C3)s2)cc1. The fourth-order valence-electron chi connectivity index (χ4n) is 2.79. The van der Waals surface area contributed by atoms with Crippen LogP contribution < -0.4 is 10.1 Å². The Labute approximate surface area is 156 Å². The number of anilines is 1. The van der Waals surface area contributed by atoms with Crippen LogP contribution in [-0.2, 0) is 14.8 Å². The summed E-state index contributed by atoms with van der Waals surface area (Å²) in [6, 6.07) is 7.40. The minimum Gasteiger partial charge on any atom is -0.497 e. The summed E-state index contributed by atoms with van der Waals surface area (Å²) >= 11 is 1.27. The molecule has 1 N–H and O–H groups in total. The Balaban J connectivity index is 1.65. The molecule has 140 valence electrons. The smallest absolute Gasteiger partial charge is 0.230 e. The first-order chi connectivity index (χ1) is 12.4. The van der Waals surface area contributed by atoms with Crippen molar-refractivity contribution in [2.24, 2.45) is 5.92 Å². The van der Waals surface area contributed by atoms with Crippen LogP contribution in [0.5, 0.6) is 5.75 Å². The number of nitrogens with one attached hydrogen (secondary N) is 1. The molecule has 0 aliphatic carbocycles. The van der Waals surface area contributed by atoms with Crippen LogP contribution in [0.2, 0.25) is 0 Å². The summed E-state index contributed by atoms with van der Waals surface area (Å²) in [6.45, 7) is 0.665. The van der Waals surface area contributed by atoms with Gasteiger partial charge in [-0.15, -0.1) is 10.2 Å². The van der Waals surface area contributed by atoms with E-state index in [1.165, 1.54) is 21.9 Å². The van der Waals surface area contributed by atoms with Gasteiger partial charge in [-0.1, -0.05) is 11.3 Å². The van der Waals surface area contributed by atoms with Gasteiger partial charge < -0.3 is 10.1 Å². The van der Waals surface area contributed by atoms with Gasteiger partial charge in [0.25, 0.3) is 0 Å². The Kier molecular flexibility index (Phi) is 5.54. The number of methoxy groups -OCH3 is 1. The lowest BCUT2D eigenvalue weighted by Crippen LogP contribution is -2.43. The summed E-state index contributed by atoms with van der Waals surface area (Å²) in [5.41, 5.74) is 0.879. The van der Waals surface area contributed by atoms with Crippen molar-refractivity contribution >= 4 is 32.4 Å². The molecule has 1 fully saturated rings. The van der Waals surface area contributed by atoms with E-state index in [4.69, 9.17) is 4.74 Å². The van der Waals surface area contributed by atoms with E-state index in [0.29, 0.717) is 29.5 Å². The molecule has 1 aliphatic heterocycles. The van der Waals surface area contributed by atoms with E-state index >= 15 is 0 Å². The van der Waals surface area contributed by atoms with Gasteiger partial charge in [-0.3, -0.25) is 4.79 Å². The molecule has 1 aliphatic rings. The zero-order valence-corrected chi connectivity index (χ0v) is 16.1. The Morgan fingerprint density at radius 3 is 2.69 bits per heavy atom. The summed E-state index contributed by atoms with van der Waals surface area (Å²) in [6.07, 6.45) is 2.49. The molecule has 1 amide bonds. The van der Waals surface area contributed by atoms with E-state index in [2.05, 4.69) is 15.5 Å². The van der Waals surface area contributed by atoms with Crippen LogP contribution in [-0.4, -0.2) is 55.3 Å². The number of carbonyl (C=O) groups excluding carboxylic acids is 1. The number of nitrogens with zero attached hydrogens (tertiary/aromatic N) is 3. The van der Waals surface area contributed by atoms with Gasteiger partial charge in [0.05, 0.1) is 19.3 Å². The second kappa shape index (κ2) is 7.68. The predicted molar refractivity (Wildman–Crippen MR) is 99.7 cm³/mol. The maximum absolute atomic E-state index is 12.5. The fraction of sp³-hybridized carbons (Fsp3) is 0.438. The standard InChI is InChI=1S/C16H20N4O4S2/c1-24-13-7-5-11(6-8-13)15-18-19-16(25-15)17-14(21)12-4-3-9-20(10-12)26(2,22)23/h5-8,12H,3-4,9-10H2,1-2H3,(H,17,19,21)/t12-/m1/s1. The largest absolute Gasteiger partial charge is 0.497 e. The highest BCUT2D eigenvalue weighted by molar-refractivity contribution is 7.88. The Hall–Kier alpha value is -2.04. The molecular weight excluding hydrogens is 376 g/mol. The zero-order chi connectivity index (χ0) is 18.7. The van der Waals surface area contributed by atoms with Gasteiger partial charge in [0, 0.05) is 18.7 Å². The lowest BCUT2D eigenvalue weighted by molar-refractivity contribution is -0.120. The summed E-state index contributed by atoms with van der Waals surface area (Å²) in [4.78, 5) is 12.5. The van der Waals surface area contributed by atoms with Gasteiger partial charge in [-0.05, 0) is 37.1 Å². The topological polar surface area (TPSA) is 101 Å². The molecule has 0 spiro atoms. The van der Waals surface area contributed by atoms with Gasteiger partial charge in [0.15, 0.2) is 0 Å². The van der Waals surface area contributed by atoms with Crippen LogP contribution in [0.3, 0.4) is 0 Å². The Morgan fingerprint density at radius 2 is 2.04 bits per heavy atom. The number of carbonyl (C=O) groups is 1. The molecule has 0 radical (unpaired) electrons. The number of benzene rings is 1. The number of hydrogen-bond acceptors (Lipinski definition) is 7. The summed E-state index contributed by atoms with van der Waals surface area (Å²) < 4.78 is 29.8. The van der Waals surface area contributed by atoms with E-state index in [1.54, 1.807) is 7.11 Å². The monoisotopic (exact) mass is 396 g/mol. The molecule has 1 aromatic carbocycles. The van der Waals surface area contributed by atoms with Crippen molar-refractivity contribution in [1.29, 1.82) is 0 Å². The number of hydrogen-bond donors (Lipinski definition) is 1. The maximum atomic E-state index is 12.5. The van der Waals surface area contributed by atoms with Crippen molar-refractivity contribution in [3.63, 3.8) is 0 Å². The molecule has 1 aromatic heterocycles. The van der Waals surface area contributed by atoms with Gasteiger partial charge in [-0.2, -0.15) is 0 Å². The normalized spacial score (nSPS) is 18.5. The summed E-state index contributed by atoms with van der Waals surface area (Å²) in [5.74, 6) is 0.141. The lowest BCUT2D eigenvalue weighted by Gasteiger charge is -2.29. The van der Waals surface area contributed by atoms with Crippen molar-refractivity contribution in [2.75, 3.05) is 31.8 Å². The van der Waals surface area contributed by atoms with E-state index in [9.17, 15) is 13.2 Å². The van der Waals surface area contributed by atoms with Gasteiger partial charge in [0.2, 0.25) is 21.1 Å². The molecule has 0 saturated carbocycles. The third-order valence-electron chi connectivity index (χ3n) is 4.22. The Bertz CT molecular complexity index is 880. The first-order valence-corrected chi connectivity index (χ1v) is 10.8. The lowest BCUT2D eigenvalue weighted by atomic mass is 9.99. The maximum Gasteiger partial charge on any atom is 0.230 e. The molecule has 10 heteroatoms. The van der Waals surface area contributed by atoms with Crippen molar-refractivity contribution in [3.8, 4) is 16.3 Å². The van der Waals surface area contributed by atoms with E-state index in [-0.39, 0.29) is 18.4 Å². The molecule has 8 nitrogen and oxygen atoms in total. The second-order valence-electron chi connectivity index (χ2n) is 6.09.